The Bertz CT molecular complexity index is 515. The van der Waals surface area contributed by atoms with Crippen LogP contribution in [-0.4, -0.2) is 36.8 Å². The lowest BCUT2D eigenvalue weighted by Gasteiger charge is -2.26. The molecule has 1 aromatic heterocycles. The lowest BCUT2D eigenvalue weighted by molar-refractivity contribution is 0.235. The number of piperazine rings is 1. The number of thiophene rings is 1. The van der Waals surface area contributed by atoms with Crippen molar-refractivity contribution < 1.29 is 0 Å². The van der Waals surface area contributed by atoms with Crippen LogP contribution in [0, 0.1) is 5.41 Å². The van der Waals surface area contributed by atoms with Gasteiger partial charge in [0, 0.05) is 64.9 Å². The van der Waals surface area contributed by atoms with Gasteiger partial charge in [0.2, 0.25) is 0 Å². The van der Waals surface area contributed by atoms with Crippen LogP contribution in [0.4, 0.5) is 0 Å². The average molecular weight is 294 g/mol. The van der Waals surface area contributed by atoms with Crippen LogP contribution in [0.25, 0.3) is 0 Å². The van der Waals surface area contributed by atoms with E-state index in [9.17, 15) is 0 Å². The third-order valence-electron chi connectivity index (χ3n) is 3.47. The quantitative estimate of drug-likeness (QED) is 0.774. The van der Waals surface area contributed by atoms with Crippen LogP contribution in [0.1, 0.15) is 15.3 Å². The van der Waals surface area contributed by atoms with E-state index in [2.05, 4.69) is 16.3 Å². The van der Waals surface area contributed by atoms with Crippen molar-refractivity contribution in [3.8, 4) is 0 Å². The fourth-order valence-corrected chi connectivity index (χ4v) is 4.67. The lowest BCUT2D eigenvalue weighted by atomic mass is 10.1. The maximum Gasteiger partial charge on any atom is 0.0774 e. The molecule has 19 heavy (non-hydrogen) atoms. The van der Waals surface area contributed by atoms with Crippen LogP contribution in [-0.2, 0) is 12.3 Å². The number of thioether (sulfide) groups is 1. The van der Waals surface area contributed by atoms with E-state index in [1.807, 2.05) is 11.3 Å². The minimum absolute atomic E-state index is 0.594. The molecule has 4 nitrogen and oxygen atoms in total. The first-order valence-corrected chi connectivity index (χ1v) is 8.27. The molecule has 0 amide bonds. The molecule has 6 heteroatoms. The highest BCUT2D eigenvalue weighted by Crippen LogP contribution is 2.37. The second kappa shape index (κ2) is 5.66. The standard InChI is InChI=1S/C13H18N4S2/c14-6-11-13(15)10-5-9(19-12(10)8-18-11)7-17-3-1-16-2-4-17/h5-6,15-16H,1-4,7-8,14H2. The monoisotopic (exact) mass is 294 g/mol. The van der Waals surface area contributed by atoms with E-state index in [1.54, 1.807) is 18.0 Å². The molecule has 3 rings (SSSR count). The molecule has 1 fully saturated rings. The summed E-state index contributed by atoms with van der Waals surface area (Å²) in [6, 6.07) is 2.19. The molecule has 0 bridgehead atoms. The van der Waals surface area contributed by atoms with Crippen molar-refractivity contribution in [3.63, 3.8) is 0 Å². The number of hydrogen-bond donors (Lipinski definition) is 3. The molecule has 0 radical (unpaired) electrons. The van der Waals surface area contributed by atoms with Crippen molar-refractivity contribution in [2.75, 3.05) is 26.2 Å². The summed E-state index contributed by atoms with van der Waals surface area (Å²) in [5.74, 6) is 0.951. The molecule has 3 heterocycles. The predicted molar refractivity (Wildman–Crippen MR) is 82.9 cm³/mol. The van der Waals surface area contributed by atoms with Gasteiger partial charge in [0.05, 0.1) is 5.71 Å². The van der Waals surface area contributed by atoms with Gasteiger partial charge >= 0.3 is 0 Å². The van der Waals surface area contributed by atoms with Crippen LogP contribution in [0.5, 0.6) is 0 Å². The molecule has 0 atom stereocenters. The van der Waals surface area contributed by atoms with E-state index in [0.717, 1.165) is 48.9 Å². The summed E-state index contributed by atoms with van der Waals surface area (Å²) in [7, 11) is 0. The smallest absolute Gasteiger partial charge is 0.0774 e. The number of nitrogens with zero attached hydrogens (tertiary/aromatic N) is 1. The Morgan fingerprint density at radius 3 is 2.95 bits per heavy atom. The molecule has 0 aromatic carbocycles. The first-order valence-electron chi connectivity index (χ1n) is 6.46. The number of rotatable bonds is 2. The first-order chi connectivity index (χ1) is 9.28. The molecular formula is C13H18N4S2. The summed E-state index contributed by atoms with van der Waals surface area (Å²) in [6.45, 7) is 5.40. The molecule has 2 aliphatic heterocycles. The van der Waals surface area contributed by atoms with Crippen molar-refractivity contribution in [1.29, 1.82) is 5.41 Å². The van der Waals surface area contributed by atoms with E-state index in [1.165, 1.54) is 9.75 Å². The molecule has 102 valence electrons. The molecule has 0 saturated carbocycles. The summed E-state index contributed by atoms with van der Waals surface area (Å²) in [5, 5.41) is 11.5. The lowest BCUT2D eigenvalue weighted by Crippen LogP contribution is -2.42. The van der Waals surface area contributed by atoms with E-state index >= 15 is 0 Å². The predicted octanol–water partition coefficient (Wildman–Crippen LogP) is 1.57. The Labute approximate surface area is 121 Å². The van der Waals surface area contributed by atoms with Gasteiger partial charge in [-0.1, -0.05) is 0 Å². The van der Waals surface area contributed by atoms with Crippen molar-refractivity contribution in [2.45, 2.75) is 12.3 Å². The van der Waals surface area contributed by atoms with Gasteiger partial charge in [-0.25, -0.2) is 0 Å². The second-order valence-electron chi connectivity index (χ2n) is 4.77. The van der Waals surface area contributed by atoms with Crippen molar-refractivity contribution >= 4 is 28.8 Å². The van der Waals surface area contributed by atoms with Crippen molar-refractivity contribution in [1.82, 2.24) is 10.2 Å². The highest BCUT2D eigenvalue weighted by atomic mass is 32.2. The number of hydrogen-bond acceptors (Lipinski definition) is 6. The SMILES string of the molecule is N=C1C(=CN)SCc2sc(CN3CCNCC3)cc21. The van der Waals surface area contributed by atoms with Gasteiger partial charge in [0.15, 0.2) is 0 Å². The number of fused-ring (bicyclic) bond motifs is 1. The summed E-state index contributed by atoms with van der Waals surface area (Å²) in [5.41, 5.74) is 7.25. The molecule has 2 aliphatic rings. The topological polar surface area (TPSA) is 65.1 Å². The summed E-state index contributed by atoms with van der Waals surface area (Å²) < 4.78 is 0. The second-order valence-corrected chi connectivity index (χ2v) is 7.01. The fourth-order valence-electron chi connectivity index (χ4n) is 2.45. The maximum atomic E-state index is 8.17. The van der Waals surface area contributed by atoms with E-state index in [0.29, 0.717) is 5.71 Å². The van der Waals surface area contributed by atoms with Gasteiger partial charge < -0.3 is 11.1 Å². The Balaban J connectivity index is 1.77. The summed E-state index contributed by atoms with van der Waals surface area (Å²) in [4.78, 5) is 6.07. The molecule has 0 spiro atoms. The number of allylic oxidation sites excluding steroid dienone is 1. The highest BCUT2D eigenvalue weighted by Gasteiger charge is 2.23. The van der Waals surface area contributed by atoms with Gasteiger partial charge in [-0.05, 0) is 6.07 Å². The van der Waals surface area contributed by atoms with Crippen LogP contribution >= 0.6 is 23.1 Å². The molecule has 1 aromatic rings. The first kappa shape index (κ1) is 13.2. The van der Waals surface area contributed by atoms with Gasteiger partial charge in [-0.3, -0.25) is 10.3 Å². The maximum absolute atomic E-state index is 8.17. The largest absolute Gasteiger partial charge is 0.404 e. The van der Waals surface area contributed by atoms with Crippen molar-refractivity contribution in [2.24, 2.45) is 5.73 Å². The van der Waals surface area contributed by atoms with Crippen LogP contribution in [0.15, 0.2) is 17.2 Å². The molecule has 4 N–H and O–H groups in total. The average Bonchev–Trinajstić information content (AvgIpc) is 2.84. The van der Waals surface area contributed by atoms with Crippen LogP contribution in [0.2, 0.25) is 0 Å². The molecular weight excluding hydrogens is 276 g/mol. The third-order valence-corrected chi connectivity index (χ3v) is 5.86. The van der Waals surface area contributed by atoms with E-state index in [4.69, 9.17) is 11.1 Å². The zero-order valence-corrected chi connectivity index (χ0v) is 12.4. The summed E-state index contributed by atoms with van der Waals surface area (Å²) >= 11 is 3.53. The highest BCUT2D eigenvalue weighted by molar-refractivity contribution is 8.03. The van der Waals surface area contributed by atoms with Gasteiger partial charge in [-0.2, -0.15) is 0 Å². The number of nitrogens with one attached hydrogen (secondary N) is 2. The Kier molecular flexibility index (Phi) is 3.93. The Hall–Kier alpha value is -0.820. The minimum Gasteiger partial charge on any atom is -0.404 e. The van der Waals surface area contributed by atoms with E-state index in [-0.39, 0.29) is 0 Å². The molecule has 0 unspecified atom stereocenters. The van der Waals surface area contributed by atoms with Crippen LogP contribution < -0.4 is 11.1 Å². The van der Waals surface area contributed by atoms with E-state index < -0.39 is 0 Å². The Morgan fingerprint density at radius 1 is 1.42 bits per heavy atom. The molecule has 0 aliphatic carbocycles. The van der Waals surface area contributed by atoms with Crippen LogP contribution in [0.3, 0.4) is 0 Å². The minimum atomic E-state index is 0.594. The van der Waals surface area contributed by atoms with Crippen molar-refractivity contribution in [3.05, 3.63) is 32.5 Å². The fraction of sp³-hybridized carbons (Fsp3) is 0.462. The third kappa shape index (κ3) is 2.72. The Morgan fingerprint density at radius 2 is 2.21 bits per heavy atom. The normalized spacial score (nSPS) is 22.7. The zero-order chi connectivity index (χ0) is 13.2. The zero-order valence-electron chi connectivity index (χ0n) is 10.7. The summed E-state index contributed by atoms with van der Waals surface area (Å²) in [6.07, 6.45) is 1.56. The number of nitrogens with two attached hydrogens (primary N) is 1. The van der Waals surface area contributed by atoms with Gasteiger partial charge in [0.1, 0.15) is 0 Å². The van der Waals surface area contributed by atoms with Gasteiger partial charge in [-0.15, -0.1) is 23.1 Å². The van der Waals surface area contributed by atoms with Gasteiger partial charge in [0.25, 0.3) is 0 Å². The molecule has 1 saturated heterocycles.